The minimum atomic E-state index is -0.443. The van der Waals surface area contributed by atoms with E-state index in [-0.39, 0.29) is 0 Å². The quantitative estimate of drug-likeness (QED) is 0.663. The first-order valence-corrected chi connectivity index (χ1v) is 4.66. The third kappa shape index (κ3) is 1.01. The van der Waals surface area contributed by atoms with Gasteiger partial charge < -0.3 is 5.73 Å². The maximum atomic E-state index is 11.1. The summed E-state index contributed by atoms with van der Waals surface area (Å²) in [5.41, 5.74) is 7.81. The summed E-state index contributed by atoms with van der Waals surface area (Å²) >= 11 is 0. The highest BCUT2D eigenvalue weighted by Gasteiger charge is 2.25. The minimum Gasteiger partial charge on any atom is -0.351 e. The van der Waals surface area contributed by atoms with Crippen molar-refractivity contribution in [1.82, 2.24) is 14.6 Å². The first kappa shape index (κ1) is 8.22. The Hall–Kier alpha value is -2.11. The van der Waals surface area contributed by atoms with Crippen LogP contribution in [-0.4, -0.2) is 27.2 Å². The van der Waals surface area contributed by atoms with E-state index in [0.29, 0.717) is 6.54 Å². The Balaban J connectivity index is 2.26. The molecular weight excluding hydrogens is 194 g/mol. The van der Waals surface area contributed by atoms with E-state index in [9.17, 15) is 4.79 Å². The Morgan fingerprint density at radius 1 is 1.53 bits per heavy atom. The maximum Gasteiger partial charge on any atom is 0.319 e. The van der Waals surface area contributed by atoms with Gasteiger partial charge in [-0.3, -0.25) is 4.90 Å². The normalized spacial score (nSPS) is 14.5. The van der Waals surface area contributed by atoms with Crippen LogP contribution in [0.4, 0.5) is 10.5 Å². The number of primary amides is 1. The van der Waals surface area contributed by atoms with Crippen molar-refractivity contribution in [3.63, 3.8) is 0 Å². The van der Waals surface area contributed by atoms with Crippen LogP contribution in [0.5, 0.6) is 0 Å². The fourth-order valence-electron chi connectivity index (χ4n) is 1.94. The number of hydrogen-bond donors (Lipinski definition) is 1. The van der Waals surface area contributed by atoms with Gasteiger partial charge >= 0.3 is 6.03 Å². The zero-order valence-corrected chi connectivity index (χ0v) is 7.92. The van der Waals surface area contributed by atoms with Gasteiger partial charge in [-0.25, -0.2) is 14.3 Å². The molecule has 76 valence electrons. The third-order valence-electron chi connectivity index (χ3n) is 2.62. The number of fused-ring (bicyclic) bond motifs is 3. The van der Waals surface area contributed by atoms with Crippen molar-refractivity contribution >= 4 is 17.4 Å². The molecule has 0 radical (unpaired) electrons. The molecule has 6 nitrogen and oxygen atoms in total. The molecule has 0 saturated heterocycles. The van der Waals surface area contributed by atoms with Crippen LogP contribution in [-0.2, 0) is 6.42 Å². The standard InChI is InChI=1S/C9H9N5O/c10-9(15)13-4-2-6-7(13)5-11-8-1-3-12-14(6)8/h1,3,5H,2,4H2,(H2,10,15). The monoisotopic (exact) mass is 203 g/mol. The molecule has 2 amide bonds. The average molecular weight is 203 g/mol. The molecule has 1 aliphatic rings. The number of nitrogens with two attached hydrogens (primary N) is 1. The molecule has 1 aliphatic heterocycles. The van der Waals surface area contributed by atoms with Crippen molar-refractivity contribution in [3.8, 4) is 0 Å². The number of carbonyl (C=O) groups is 1. The first-order chi connectivity index (χ1) is 7.27. The van der Waals surface area contributed by atoms with Crippen molar-refractivity contribution in [2.24, 2.45) is 5.73 Å². The van der Waals surface area contributed by atoms with Gasteiger partial charge in [-0.05, 0) is 0 Å². The van der Waals surface area contributed by atoms with Gasteiger partial charge in [0.2, 0.25) is 0 Å². The number of aromatic nitrogens is 3. The van der Waals surface area contributed by atoms with Gasteiger partial charge in [0, 0.05) is 19.0 Å². The number of rotatable bonds is 0. The summed E-state index contributed by atoms with van der Waals surface area (Å²) in [6.45, 7) is 0.603. The highest BCUT2D eigenvalue weighted by Crippen LogP contribution is 2.26. The van der Waals surface area contributed by atoms with Crippen LogP contribution in [0.2, 0.25) is 0 Å². The van der Waals surface area contributed by atoms with Crippen molar-refractivity contribution in [3.05, 3.63) is 24.2 Å². The van der Waals surface area contributed by atoms with Crippen LogP contribution in [0.15, 0.2) is 18.5 Å². The van der Waals surface area contributed by atoms with Crippen LogP contribution < -0.4 is 10.6 Å². The summed E-state index contributed by atoms with van der Waals surface area (Å²) in [6, 6.07) is 1.38. The zero-order chi connectivity index (χ0) is 10.4. The number of hydrogen-bond acceptors (Lipinski definition) is 3. The second-order valence-electron chi connectivity index (χ2n) is 3.43. The molecule has 2 aromatic heterocycles. The van der Waals surface area contributed by atoms with Gasteiger partial charge in [0.1, 0.15) is 0 Å². The largest absolute Gasteiger partial charge is 0.351 e. The Labute approximate surface area is 85.3 Å². The summed E-state index contributed by atoms with van der Waals surface area (Å²) < 4.78 is 1.75. The van der Waals surface area contributed by atoms with Crippen LogP contribution in [0, 0.1) is 0 Å². The van der Waals surface area contributed by atoms with Crippen molar-refractivity contribution < 1.29 is 4.79 Å². The van der Waals surface area contributed by atoms with E-state index in [0.717, 1.165) is 23.4 Å². The van der Waals surface area contributed by atoms with E-state index in [1.807, 2.05) is 6.07 Å². The average Bonchev–Trinajstić information content (AvgIpc) is 2.82. The van der Waals surface area contributed by atoms with Gasteiger partial charge in [-0.15, -0.1) is 0 Å². The maximum absolute atomic E-state index is 11.1. The molecule has 0 unspecified atom stereocenters. The van der Waals surface area contributed by atoms with Gasteiger partial charge in [-0.1, -0.05) is 0 Å². The highest BCUT2D eigenvalue weighted by atomic mass is 16.2. The van der Waals surface area contributed by atoms with Crippen molar-refractivity contribution in [1.29, 1.82) is 0 Å². The molecule has 2 N–H and O–H groups in total. The van der Waals surface area contributed by atoms with Crippen molar-refractivity contribution in [2.45, 2.75) is 6.42 Å². The van der Waals surface area contributed by atoms with Gasteiger partial charge in [0.15, 0.2) is 5.65 Å². The fourth-order valence-corrected chi connectivity index (χ4v) is 1.94. The summed E-state index contributed by atoms with van der Waals surface area (Å²) in [4.78, 5) is 16.8. The van der Waals surface area contributed by atoms with E-state index in [1.54, 1.807) is 16.9 Å². The predicted molar refractivity (Wildman–Crippen MR) is 53.6 cm³/mol. The molecule has 0 spiro atoms. The number of anilines is 1. The topological polar surface area (TPSA) is 76.5 Å². The molecule has 0 saturated carbocycles. The fraction of sp³-hybridized carbons (Fsp3) is 0.222. The minimum absolute atomic E-state index is 0.443. The lowest BCUT2D eigenvalue weighted by atomic mass is 10.3. The molecule has 0 aromatic carbocycles. The Morgan fingerprint density at radius 2 is 2.40 bits per heavy atom. The molecule has 0 atom stereocenters. The summed E-state index contributed by atoms with van der Waals surface area (Å²) in [6.07, 6.45) is 4.12. The molecule has 3 heterocycles. The number of amides is 2. The second-order valence-corrected chi connectivity index (χ2v) is 3.43. The third-order valence-corrected chi connectivity index (χ3v) is 2.62. The molecular formula is C9H9N5O. The van der Waals surface area contributed by atoms with Crippen LogP contribution >= 0.6 is 0 Å². The molecule has 0 aliphatic carbocycles. The van der Waals surface area contributed by atoms with Crippen molar-refractivity contribution in [2.75, 3.05) is 11.4 Å². The van der Waals surface area contributed by atoms with Crippen LogP contribution in [0.25, 0.3) is 5.65 Å². The lowest BCUT2D eigenvalue weighted by molar-refractivity contribution is 0.254. The Bertz CT molecular complexity index is 546. The highest BCUT2D eigenvalue weighted by molar-refractivity contribution is 5.92. The smallest absolute Gasteiger partial charge is 0.319 e. The lowest BCUT2D eigenvalue weighted by Gasteiger charge is -2.12. The lowest BCUT2D eigenvalue weighted by Crippen LogP contribution is -2.34. The zero-order valence-electron chi connectivity index (χ0n) is 7.92. The van der Waals surface area contributed by atoms with Gasteiger partial charge in [0.05, 0.1) is 23.8 Å². The Kier molecular flexibility index (Phi) is 1.47. The van der Waals surface area contributed by atoms with Gasteiger partial charge in [0.25, 0.3) is 0 Å². The van der Waals surface area contributed by atoms with E-state index in [4.69, 9.17) is 5.73 Å². The van der Waals surface area contributed by atoms with Crippen LogP contribution in [0.3, 0.4) is 0 Å². The SMILES string of the molecule is NC(=O)N1CCc2c1cnc1ccnn21. The molecule has 15 heavy (non-hydrogen) atoms. The van der Waals surface area contributed by atoms with E-state index in [1.165, 1.54) is 4.90 Å². The number of urea groups is 1. The van der Waals surface area contributed by atoms with Gasteiger partial charge in [-0.2, -0.15) is 5.10 Å². The number of carbonyl (C=O) groups excluding carboxylic acids is 1. The molecule has 0 fully saturated rings. The first-order valence-electron chi connectivity index (χ1n) is 4.66. The van der Waals surface area contributed by atoms with Crippen LogP contribution in [0.1, 0.15) is 5.69 Å². The molecule has 0 bridgehead atoms. The van der Waals surface area contributed by atoms with E-state index in [2.05, 4.69) is 10.1 Å². The second kappa shape index (κ2) is 2.69. The summed E-state index contributed by atoms with van der Waals surface area (Å²) in [7, 11) is 0. The summed E-state index contributed by atoms with van der Waals surface area (Å²) in [5.74, 6) is 0. The number of nitrogens with zero attached hydrogens (tertiary/aromatic N) is 4. The molecule has 6 heteroatoms. The molecule has 2 aromatic rings. The van der Waals surface area contributed by atoms with E-state index < -0.39 is 6.03 Å². The summed E-state index contributed by atoms with van der Waals surface area (Å²) in [5, 5.41) is 4.16. The Morgan fingerprint density at radius 3 is 3.20 bits per heavy atom. The molecule has 3 rings (SSSR count). The predicted octanol–water partition coefficient (Wildman–Crippen LogP) is 0.171. The van der Waals surface area contributed by atoms with E-state index >= 15 is 0 Å².